The van der Waals surface area contributed by atoms with Gasteiger partial charge in [0.25, 0.3) is 5.91 Å². The molecule has 0 aliphatic rings. The van der Waals surface area contributed by atoms with Crippen LogP contribution in [0.25, 0.3) is 11.0 Å². The molecule has 1 N–H and O–H groups in total. The first-order valence-corrected chi connectivity index (χ1v) is 7.89. The van der Waals surface area contributed by atoms with Gasteiger partial charge in [-0.25, -0.2) is 9.97 Å². The molecular formula is C17H17ClN4O. The summed E-state index contributed by atoms with van der Waals surface area (Å²) < 4.78 is 2.12. The van der Waals surface area contributed by atoms with Crippen LogP contribution in [0.2, 0.25) is 5.15 Å². The first-order valence-electron chi connectivity index (χ1n) is 7.51. The van der Waals surface area contributed by atoms with Gasteiger partial charge in [-0.05, 0) is 43.2 Å². The quantitative estimate of drug-likeness (QED) is 0.732. The summed E-state index contributed by atoms with van der Waals surface area (Å²) in [4.78, 5) is 20.4. The van der Waals surface area contributed by atoms with Gasteiger partial charge >= 0.3 is 0 Å². The number of nitrogens with zero attached hydrogens (tertiary/aromatic N) is 3. The molecule has 1 amide bonds. The van der Waals surface area contributed by atoms with E-state index in [1.807, 2.05) is 6.07 Å². The summed E-state index contributed by atoms with van der Waals surface area (Å²) in [5.41, 5.74) is 2.68. The number of rotatable bonds is 5. The highest BCUT2D eigenvalue weighted by Crippen LogP contribution is 2.19. The van der Waals surface area contributed by atoms with Gasteiger partial charge in [0.15, 0.2) is 0 Å². The van der Waals surface area contributed by atoms with Gasteiger partial charge in [0, 0.05) is 37.1 Å². The molecule has 6 heteroatoms. The van der Waals surface area contributed by atoms with Crippen LogP contribution in [0.4, 0.5) is 0 Å². The van der Waals surface area contributed by atoms with Crippen LogP contribution in [0.5, 0.6) is 0 Å². The molecule has 3 aromatic rings. The molecule has 0 atom stereocenters. The lowest BCUT2D eigenvalue weighted by Gasteiger charge is -2.04. The Balaban J connectivity index is 1.67. The number of aromatic nitrogens is 3. The standard InChI is InChI=1S/C17H17ClN4O/c1-2-22-11-13(14-4-3-8-19-16(14)22)7-9-20-17(23)12-5-6-15(18)21-10-12/h3-6,8,10-11H,2,7,9H2,1H3,(H,20,23). The summed E-state index contributed by atoms with van der Waals surface area (Å²) in [6.07, 6.45) is 6.13. The molecule has 0 radical (unpaired) electrons. The van der Waals surface area contributed by atoms with Crippen molar-refractivity contribution in [2.45, 2.75) is 19.9 Å². The minimum atomic E-state index is -0.147. The van der Waals surface area contributed by atoms with E-state index in [9.17, 15) is 4.79 Å². The van der Waals surface area contributed by atoms with Gasteiger partial charge in [-0.15, -0.1) is 0 Å². The van der Waals surface area contributed by atoms with Crippen LogP contribution in [0.1, 0.15) is 22.8 Å². The minimum Gasteiger partial charge on any atom is -0.352 e. The molecule has 0 spiro atoms. The van der Waals surface area contributed by atoms with E-state index in [4.69, 9.17) is 11.6 Å². The second-order valence-corrected chi connectivity index (χ2v) is 5.58. The molecule has 0 saturated carbocycles. The van der Waals surface area contributed by atoms with Crippen LogP contribution < -0.4 is 5.32 Å². The van der Waals surface area contributed by atoms with Crippen LogP contribution >= 0.6 is 11.6 Å². The largest absolute Gasteiger partial charge is 0.352 e. The fourth-order valence-corrected chi connectivity index (χ4v) is 2.67. The van der Waals surface area contributed by atoms with Gasteiger partial charge < -0.3 is 9.88 Å². The molecule has 0 aromatic carbocycles. The van der Waals surface area contributed by atoms with Crippen LogP contribution in [-0.2, 0) is 13.0 Å². The molecular weight excluding hydrogens is 312 g/mol. The van der Waals surface area contributed by atoms with Crippen LogP contribution in [0.15, 0.2) is 42.9 Å². The third kappa shape index (κ3) is 3.35. The molecule has 23 heavy (non-hydrogen) atoms. The summed E-state index contributed by atoms with van der Waals surface area (Å²) in [7, 11) is 0. The lowest BCUT2D eigenvalue weighted by Crippen LogP contribution is -2.25. The average molecular weight is 329 g/mol. The zero-order valence-electron chi connectivity index (χ0n) is 12.8. The van der Waals surface area contributed by atoms with E-state index in [-0.39, 0.29) is 5.91 Å². The fraction of sp³-hybridized carbons (Fsp3) is 0.235. The molecule has 0 aliphatic heterocycles. The van der Waals surface area contributed by atoms with E-state index < -0.39 is 0 Å². The highest BCUT2D eigenvalue weighted by molar-refractivity contribution is 6.29. The molecule has 0 aliphatic carbocycles. The number of pyridine rings is 2. The van der Waals surface area contributed by atoms with E-state index in [1.54, 1.807) is 18.3 Å². The highest BCUT2D eigenvalue weighted by atomic mass is 35.5. The Labute approximate surface area is 139 Å². The van der Waals surface area contributed by atoms with Crippen LogP contribution in [0, 0.1) is 0 Å². The number of halogens is 1. The van der Waals surface area contributed by atoms with E-state index in [2.05, 4.69) is 39.0 Å². The SMILES string of the molecule is CCn1cc(CCNC(=O)c2ccc(Cl)nc2)c2cccnc21. The number of nitrogens with one attached hydrogen (secondary N) is 1. The Morgan fingerprint density at radius 3 is 2.91 bits per heavy atom. The normalized spacial score (nSPS) is 10.9. The lowest BCUT2D eigenvalue weighted by molar-refractivity contribution is 0.0954. The number of amides is 1. The second kappa shape index (κ2) is 6.79. The second-order valence-electron chi connectivity index (χ2n) is 5.19. The maximum Gasteiger partial charge on any atom is 0.252 e. The van der Waals surface area contributed by atoms with Gasteiger partial charge in [0.1, 0.15) is 10.8 Å². The number of fused-ring (bicyclic) bond motifs is 1. The Hall–Kier alpha value is -2.40. The van der Waals surface area contributed by atoms with Gasteiger partial charge in [-0.1, -0.05) is 11.6 Å². The Morgan fingerprint density at radius 1 is 1.30 bits per heavy atom. The fourth-order valence-electron chi connectivity index (χ4n) is 2.56. The van der Waals surface area contributed by atoms with Crippen molar-refractivity contribution >= 4 is 28.5 Å². The Kier molecular flexibility index (Phi) is 4.57. The maximum atomic E-state index is 12.1. The van der Waals surface area contributed by atoms with Gasteiger partial charge in [-0.3, -0.25) is 4.79 Å². The minimum absolute atomic E-state index is 0.147. The highest BCUT2D eigenvalue weighted by Gasteiger charge is 2.09. The predicted octanol–water partition coefficient (Wildman–Crippen LogP) is 3.08. The van der Waals surface area contributed by atoms with E-state index >= 15 is 0 Å². The smallest absolute Gasteiger partial charge is 0.252 e. The molecule has 0 saturated heterocycles. The number of hydrogen-bond acceptors (Lipinski definition) is 3. The number of carbonyl (C=O) groups is 1. The molecule has 118 valence electrons. The molecule has 3 aromatic heterocycles. The summed E-state index contributed by atoms with van der Waals surface area (Å²) >= 11 is 5.72. The van der Waals surface area contributed by atoms with Crippen molar-refractivity contribution in [2.75, 3.05) is 6.54 Å². The number of aryl methyl sites for hydroxylation is 1. The van der Waals surface area contributed by atoms with E-state index in [1.165, 1.54) is 11.8 Å². The predicted molar refractivity (Wildman–Crippen MR) is 90.7 cm³/mol. The van der Waals surface area contributed by atoms with Gasteiger partial charge in [0.05, 0.1) is 5.56 Å². The van der Waals surface area contributed by atoms with Crippen molar-refractivity contribution < 1.29 is 4.79 Å². The third-order valence-electron chi connectivity index (χ3n) is 3.73. The van der Waals surface area contributed by atoms with Crippen LogP contribution in [-0.4, -0.2) is 27.0 Å². The van der Waals surface area contributed by atoms with Gasteiger partial charge in [-0.2, -0.15) is 0 Å². The van der Waals surface area contributed by atoms with E-state index in [0.29, 0.717) is 17.3 Å². The summed E-state index contributed by atoms with van der Waals surface area (Å²) in [5.74, 6) is -0.147. The van der Waals surface area contributed by atoms with Crippen molar-refractivity contribution in [1.29, 1.82) is 0 Å². The Bertz CT molecular complexity index is 826. The lowest BCUT2D eigenvalue weighted by atomic mass is 10.1. The maximum absolute atomic E-state index is 12.1. The molecule has 0 fully saturated rings. The Morgan fingerprint density at radius 2 is 2.17 bits per heavy atom. The first kappa shape index (κ1) is 15.5. The molecule has 0 bridgehead atoms. The summed E-state index contributed by atoms with van der Waals surface area (Å²) in [6.45, 7) is 3.52. The van der Waals surface area contributed by atoms with Crippen LogP contribution in [0.3, 0.4) is 0 Å². The molecule has 3 heterocycles. The van der Waals surface area contributed by atoms with Crippen molar-refractivity contribution in [3.05, 3.63) is 59.1 Å². The van der Waals surface area contributed by atoms with Crippen molar-refractivity contribution in [2.24, 2.45) is 0 Å². The molecule has 5 nitrogen and oxygen atoms in total. The van der Waals surface area contributed by atoms with E-state index in [0.717, 1.165) is 24.0 Å². The first-order chi connectivity index (χ1) is 11.2. The average Bonchev–Trinajstić information content (AvgIpc) is 2.94. The van der Waals surface area contributed by atoms with Crippen molar-refractivity contribution in [1.82, 2.24) is 19.9 Å². The van der Waals surface area contributed by atoms with Crippen molar-refractivity contribution in [3.8, 4) is 0 Å². The molecule has 0 unspecified atom stereocenters. The van der Waals surface area contributed by atoms with Crippen molar-refractivity contribution in [3.63, 3.8) is 0 Å². The van der Waals surface area contributed by atoms with Gasteiger partial charge in [0.2, 0.25) is 0 Å². The number of carbonyl (C=O) groups excluding carboxylic acids is 1. The zero-order chi connectivity index (χ0) is 16.2. The molecule has 3 rings (SSSR count). The number of hydrogen-bond donors (Lipinski definition) is 1. The zero-order valence-corrected chi connectivity index (χ0v) is 13.5. The summed E-state index contributed by atoms with van der Waals surface area (Å²) in [5, 5.41) is 4.42. The third-order valence-corrected chi connectivity index (χ3v) is 3.95. The monoisotopic (exact) mass is 328 g/mol. The topological polar surface area (TPSA) is 59.8 Å². The summed E-state index contributed by atoms with van der Waals surface area (Å²) in [6, 6.07) is 7.27.